The zero-order chi connectivity index (χ0) is 18.4. The summed E-state index contributed by atoms with van der Waals surface area (Å²) in [5.74, 6) is -0.331. The molecular weight excluding hydrogens is 346 g/mol. The second-order valence-electron chi connectivity index (χ2n) is 6.32. The number of carbonyl (C=O) groups is 1. The van der Waals surface area contributed by atoms with Gasteiger partial charge in [-0.15, -0.1) is 0 Å². The SMILES string of the molecule is CCO.CCOC(=O)[C@@H]1CCCC[C@@H]1O.OC[C@@H]1CCCC[C@@H]1O.[B].[H-].[Na+]. The predicted molar refractivity (Wildman–Crippen MR) is 99.3 cm³/mol. The van der Waals surface area contributed by atoms with Crippen LogP contribution in [0.1, 0.15) is 66.6 Å². The maximum atomic E-state index is 11.2. The van der Waals surface area contributed by atoms with Gasteiger partial charge in [0, 0.05) is 27.5 Å². The van der Waals surface area contributed by atoms with E-state index >= 15 is 0 Å². The molecule has 4 N–H and O–H groups in total. The summed E-state index contributed by atoms with van der Waals surface area (Å²) in [7, 11) is 0. The molecule has 0 aromatic rings. The van der Waals surface area contributed by atoms with Gasteiger partial charge in [0.2, 0.25) is 0 Å². The third-order valence-electron chi connectivity index (χ3n) is 4.42. The number of aliphatic hydroxyl groups excluding tert-OH is 4. The monoisotopic (exact) mass is 383 g/mol. The minimum atomic E-state index is -0.474. The fraction of sp³-hybridized carbons (Fsp3) is 0.944. The van der Waals surface area contributed by atoms with Crippen LogP contribution in [0.3, 0.4) is 0 Å². The molecule has 0 bridgehead atoms. The van der Waals surface area contributed by atoms with Gasteiger partial charge in [0.05, 0.1) is 24.7 Å². The topological polar surface area (TPSA) is 107 Å². The second-order valence-corrected chi connectivity index (χ2v) is 6.32. The van der Waals surface area contributed by atoms with Crippen LogP contribution in [0.2, 0.25) is 0 Å². The van der Waals surface area contributed by atoms with E-state index in [4.69, 9.17) is 14.9 Å². The Morgan fingerprint density at radius 1 is 0.962 bits per heavy atom. The summed E-state index contributed by atoms with van der Waals surface area (Å²) in [6.45, 7) is 4.27. The molecule has 0 unspecified atom stereocenters. The maximum Gasteiger partial charge on any atom is 1.00 e. The minimum absolute atomic E-state index is 0. The van der Waals surface area contributed by atoms with Crippen molar-refractivity contribution in [3.63, 3.8) is 0 Å². The van der Waals surface area contributed by atoms with Gasteiger partial charge < -0.3 is 26.6 Å². The van der Waals surface area contributed by atoms with Gasteiger partial charge in [-0.05, 0) is 39.5 Å². The van der Waals surface area contributed by atoms with Crippen molar-refractivity contribution in [2.75, 3.05) is 19.8 Å². The Kier molecular flexibility index (Phi) is 24.0. The van der Waals surface area contributed by atoms with E-state index in [-0.39, 0.29) is 76.5 Å². The van der Waals surface area contributed by atoms with Gasteiger partial charge >= 0.3 is 35.5 Å². The molecule has 0 heterocycles. The Labute approximate surface area is 184 Å². The molecular formula is C18H37BNaO6. The Bertz CT molecular complexity index is 328. The van der Waals surface area contributed by atoms with Crippen LogP contribution in [-0.4, -0.2) is 66.8 Å². The van der Waals surface area contributed by atoms with Crippen molar-refractivity contribution >= 4 is 14.4 Å². The molecule has 0 amide bonds. The van der Waals surface area contributed by atoms with E-state index < -0.39 is 6.10 Å². The van der Waals surface area contributed by atoms with Crippen LogP contribution in [0.25, 0.3) is 0 Å². The molecule has 0 spiro atoms. The first kappa shape index (κ1) is 31.1. The molecule has 8 heteroatoms. The Morgan fingerprint density at radius 3 is 1.81 bits per heavy atom. The van der Waals surface area contributed by atoms with E-state index in [1.54, 1.807) is 13.8 Å². The van der Waals surface area contributed by atoms with E-state index in [1.165, 1.54) is 6.42 Å². The molecule has 6 nitrogen and oxygen atoms in total. The van der Waals surface area contributed by atoms with Gasteiger partial charge in [-0.2, -0.15) is 0 Å². The molecule has 3 radical (unpaired) electrons. The van der Waals surface area contributed by atoms with Crippen LogP contribution < -0.4 is 29.6 Å². The van der Waals surface area contributed by atoms with Crippen molar-refractivity contribution < 1.29 is 60.9 Å². The maximum absolute atomic E-state index is 11.2. The van der Waals surface area contributed by atoms with Crippen molar-refractivity contribution in [1.29, 1.82) is 0 Å². The van der Waals surface area contributed by atoms with Gasteiger partial charge in [0.15, 0.2) is 0 Å². The minimum Gasteiger partial charge on any atom is -1.00 e. The van der Waals surface area contributed by atoms with Crippen LogP contribution in [0.4, 0.5) is 0 Å². The summed E-state index contributed by atoms with van der Waals surface area (Å²) in [5, 5.41) is 34.9. The van der Waals surface area contributed by atoms with Crippen LogP contribution in [0.15, 0.2) is 0 Å². The average molecular weight is 383 g/mol. The van der Waals surface area contributed by atoms with Crippen LogP contribution in [-0.2, 0) is 9.53 Å². The van der Waals surface area contributed by atoms with E-state index in [0.29, 0.717) is 6.61 Å². The van der Waals surface area contributed by atoms with Crippen LogP contribution >= 0.6 is 0 Å². The molecule has 0 aromatic carbocycles. The van der Waals surface area contributed by atoms with Crippen molar-refractivity contribution in [2.45, 2.75) is 77.4 Å². The molecule has 2 saturated carbocycles. The van der Waals surface area contributed by atoms with E-state index in [9.17, 15) is 15.0 Å². The molecule has 2 aliphatic rings. The van der Waals surface area contributed by atoms with E-state index in [0.717, 1.165) is 44.9 Å². The number of hydrogen-bond acceptors (Lipinski definition) is 6. The second kappa shape index (κ2) is 20.1. The molecule has 0 aliphatic heterocycles. The first-order valence-corrected chi connectivity index (χ1v) is 9.26. The third-order valence-corrected chi connectivity index (χ3v) is 4.42. The summed E-state index contributed by atoms with van der Waals surface area (Å²) in [5.41, 5.74) is 0. The normalized spacial score (nSPS) is 27.2. The van der Waals surface area contributed by atoms with Gasteiger partial charge in [-0.3, -0.25) is 4.79 Å². The number of hydrogen-bond donors (Lipinski definition) is 4. The Morgan fingerprint density at radius 2 is 1.42 bits per heavy atom. The van der Waals surface area contributed by atoms with E-state index in [2.05, 4.69) is 0 Å². The van der Waals surface area contributed by atoms with Gasteiger partial charge in [-0.25, -0.2) is 0 Å². The summed E-state index contributed by atoms with van der Waals surface area (Å²) < 4.78 is 4.85. The quantitative estimate of drug-likeness (QED) is 0.344. The molecule has 0 aromatic heterocycles. The summed E-state index contributed by atoms with van der Waals surface area (Å²) in [4.78, 5) is 11.2. The number of rotatable bonds is 3. The zero-order valence-corrected chi connectivity index (χ0v) is 18.8. The zero-order valence-electron chi connectivity index (χ0n) is 17.8. The molecule has 0 saturated heterocycles. The van der Waals surface area contributed by atoms with Crippen molar-refractivity contribution in [3.8, 4) is 0 Å². The number of carbonyl (C=O) groups excluding carboxylic acids is 1. The van der Waals surface area contributed by atoms with Crippen molar-refractivity contribution in [2.24, 2.45) is 11.8 Å². The fourth-order valence-corrected chi connectivity index (χ4v) is 3.04. The Hall–Kier alpha value is 0.375. The average Bonchev–Trinajstić information content (AvgIpc) is 2.57. The smallest absolute Gasteiger partial charge is 1.00 e. The summed E-state index contributed by atoms with van der Waals surface area (Å²) in [6.07, 6.45) is 7.03. The summed E-state index contributed by atoms with van der Waals surface area (Å²) in [6, 6.07) is 0. The molecule has 4 atom stereocenters. The molecule has 2 fully saturated rings. The molecule has 149 valence electrons. The number of esters is 1. The van der Waals surface area contributed by atoms with Crippen molar-refractivity contribution in [1.82, 2.24) is 0 Å². The van der Waals surface area contributed by atoms with Gasteiger partial charge in [0.25, 0.3) is 0 Å². The Balaban J connectivity index is -0.000000159. The summed E-state index contributed by atoms with van der Waals surface area (Å²) >= 11 is 0. The predicted octanol–water partition coefficient (Wildman–Crippen LogP) is -1.64. The van der Waals surface area contributed by atoms with Crippen LogP contribution in [0.5, 0.6) is 0 Å². The van der Waals surface area contributed by atoms with Crippen molar-refractivity contribution in [3.05, 3.63) is 0 Å². The third kappa shape index (κ3) is 13.5. The first-order chi connectivity index (χ1) is 11.5. The first-order valence-electron chi connectivity index (χ1n) is 9.26. The van der Waals surface area contributed by atoms with Gasteiger partial charge in [-0.1, -0.05) is 25.7 Å². The fourth-order valence-electron chi connectivity index (χ4n) is 3.04. The van der Waals surface area contributed by atoms with Crippen LogP contribution in [0, 0.1) is 11.8 Å². The standard InChI is InChI=1S/C9H16O3.C7H14O2.C2H6O.B.Na.H/c1-2-12-9(11)7-5-3-4-6-8(7)10;8-5-6-3-1-2-4-7(6)9;1-2-3;;;/h7-8,10H,2-6H2,1H3;6-9H,1-5H2;3H,2H2,1H3;;;/q;;;;+1;-1/t7-,8+;6-,7-;;;;/m10..../s1. The molecule has 26 heavy (non-hydrogen) atoms. The number of ether oxygens (including phenoxy) is 1. The molecule has 2 aliphatic carbocycles. The van der Waals surface area contributed by atoms with E-state index in [1.807, 2.05) is 0 Å². The number of aliphatic hydroxyl groups is 4. The molecule has 2 rings (SSSR count). The van der Waals surface area contributed by atoms with Gasteiger partial charge in [0.1, 0.15) is 0 Å². The largest absolute Gasteiger partial charge is 1.00 e.